The second-order valence-electron chi connectivity index (χ2n) is 8.06. The maximum absolute atomic E-state index is 13.6. The Labute approximate surface area is 195 Å². The molecule has 1 aliphatic rings. The zero-order valence-corrected chi connectivity index (χ0v) is 19.3. The Morgan fingerprint density at radius 1 is 1.30 bits per heavy atom. The van der Waals surface area contributed by atoms with Crippen molar-refractivity contribution < 1.29 is 0 Å². The van der Waals surface area contributed by atoms with E-state index in [1.165, 1.54) is 4.57 Å². The summed E-state index contributed by atoms with van der Waals surface area (Å²) in [6.07, 6.45) is 1.84. The number of nitrogens with two attached hydrogens (primary N) is 1. The molecule has 3 aromatic rings. The maximum atomic E-state index is 13.6. The Balaban J connectivity index is 1.95. The lowest BCUT2D eigenvalue weighted by molar-refractivity contribution is 0.496. The molecular weight excluding hydrogens is 442 g/mol. The molecule has 1 aliphatic heterocycles. The van der Waals surface area contributed by atoms with Crippen LogP contribution in [0.15, 0.2) is 27.8 Å². The quantitative estimate of drug-likeness (QED) is 0.583. The van der Waals surface area contributed by atoms with Crippen LogP contribution in [0, 0.1) is 23.2 Å². The minimum absolute atomic E-state index is 0.0111. The molecule has 0 saturated carbocycles. The van der Waals surface area contributed by atoms with Crippen LogP contribution < -0.4 is 21.9 Å². The molecule has 1 fully saturated rings. The molecule has 0 aliphatic carbocycles. The van der Waals surface area contributed by atoms with E-state index >= 15 is 0 Å². The Morgan fingerprint density at radius 3 is 2.79 bits per heavy atom. The Hall–Kier alpha value is -3.53. The molecule has 1 aromatic carbocycles. The summed E-state index contributed by atoms with van der Waals surface area (Å²) in [6, 6.07) is 7.03. The molecule has 4 rings (SSSR count). The molecule has 3 heterocycles. The number of hydrogen-bond donors (Lipinski definition) is 1. The number of fused-ring (bicyclic) bond motifs is 1. The van der Waals surface area contributed by atoms with Gasteiger partial charge in [0.25, 0.3) is 5.56 Å². The van der Waals surface area contributed by atoms with E-state index in [0.717, 1.165) is 24.0 Å². The van der Waals surface area contributed by atoms with Crippen LogP contribution in [0.4, 0.5) is 5.95 Å². The van der Waals surface area contributed by atoms with Gasteiger partial charge in [-0.05, 0) is 31.4 Å². The predicted octanol–water partition coefficient (Wildman–Crippen LogP) is 1.42. The second-order valence-corrected chi connectivity index (χ2v) is 8.47. The molecule has 1 atom stereocenters. The third-order valence-corrected chi connectivity index (χ3v) is 6.22. The largest absolute Gasteiger partial charge is 0.341 e. The predicted molar refractivity (Wildman–Crippen MR) is 127 cm³/mol. The van der Waals surface area contributed by atoms with Gasteiger partial charge in [0, 0.05) is 26.2 Å². The number of nitrogens with zero attached hydrogens (tertiary/aromatic N) is 6. The zero-order valence-electron chi connectivity index (χ0n) is 18.5. The molecule has 0 radical (unpaired) electrons. The molecule has 0 amide bonds. The van der Waals surface area contributed by atoms with Gasteiger partial charge in [-0.2, -0.15) is 10.2 Å². The standard InChI is InChI=1S/C23H24ClN7O2/c1-3-4-11-30-19-20(27-22(30)29-10-6-8-16(26)14-29)28(2)23(33)31(21(19)32)13-15-7-5-9-18(24)17(15)12-25/h5,7,9,16H,6,8,10-11,13-14,26H2,1-2H3/t16-/m1/s1. The monoisotopic (exact) mass is 465 g/mol. The summed E-state index contributed by atoms with van der Waals surface area (Å²) >= 11 is 6.15. The van der Waals surface area contributed by atoms with Crippen LogP contribution in [0.1, 0.15) is 30.9 Å². The molecule has 10 heteroatoms. The number of aryl methyl sites for hydroxylation is 1. The van der Waals surface area contributed by atoms with Gasteiger partial charge < -0.3 is 10.6 Å². The van der Waals surface area contributed by atoms with Gasteiger partial charge in [-0.1, -0.05) is 29.7 Å². The van der Waals surface area contributed by atoms with Crippen LogP contribution >= 0.6 is 11.6 Å². The summed E-state index contributed by atoms with van der Waals surface area (Å²) in [5, 5.41) is 9.77. The molecule has 0 unspecified atom stereocenters. The van der Waals surface area contributed by atoms with E-state index in [1.54, 1.807) is 36.7 Å². The van der Waals surface area contributed by atoms with Crippen LogP contribution in [0.3, 0.4) is 0 Å². The van der Waals surface area contributed by atoms with Crippen molar-refractivity contribution in [3.8, 4) is 17.9 Å². The van der Waals surface area contributed by atoms with Crippen molar-refractivity contribution in [3.63, 3.8) is 0 Å². The molecule has 2 N–H and O–H groups in total. The van der Waals surface area contributed by atoms with Crippen LogP contribution in [0.5, 0.6) is 0 Å². The van der Waals surface area contributed by atoms with E-state index in [2.05, 4.69) is 22.9 Å². The third-order valence-electron chi connectivity index (χ3n) is 5.91. The lowest BCUT2D eigenvalue weighted by Crippen LogP contribution is -2.44. The number of imidazole rings is 1. The van der Waals surface area contributed by atoms with Crippen molar-refractivity contribution in [1.29, 1.82) is 5.26 Å². The minimum Gasteiger partial charge on any atom is -0.341 e. The normalized spacial score (nSPS) is 15.8. The Bertz CT molecular complexity index is 1450. The van der Waals surface area contributed by atoms with E-state index in [1.807, 2.05) is 4.90 Å². The highest BCUT2D eigenvalue weighted by molar-refractivity contribution is 6.31. The zero-order chi connectivity index (χ0) is 23.7. The molecule has 1 saturated heterocycles. The van der Waals surface area contributed by atoms with E-state index in [0.29, 0.717) is 23.7 Å². The van der Waals surface area contributed by atoms with Gasteiger partial charge in [-0.25, -0.2) is 4.79 Å². The van der Waals surface area contributed by atoms with Gasteiger partial charge in [0.15, 0.2) is 11.2 Å². The number of piperidine rings is 1. The van der Waals surface area contributed by atoms with E-state index in [9.17, 15) is 14.9 Å². The third kappa shape index (κ3) is 4.02. The molecule has 2 aromatic heterocycles. The highest BCUT2D eigenvalue weighted by atomic mass is 35.5. The van der Waals surface area contributed by atoms with E-state index in [-0.39, 0.29) is 35.2 Å². The average molecular weight is 466 g/mol. The summed E-state index contributed by atoms with van der Waals surface area (Å²) < 4.78 is 4.22. The van der Waals surface area contributed by atoms with E-state index in [4.69, 9.17) is 17.3 Å². The molecule has 33 heavy (non-hydrogen) atoms. The smallest absolute Gasteiger partial charge is 0.332 e. The van der Waals surface area contributed by atoms with Crippen LogP contribution in [-0.2, 0) is 20.1 Å². The fourth-order valence-electron chi connectivity index (χ4n) is 4.24. The van der Waals surface area contributed by atoms with Crippen molar-refractivity contribution in [2.24, 2.45) is 12.8 Å². The minimum atomic E-state index is -0.524. The second kappa shape index (κ2) is 9.14. The number of hydrogen-bond acceptors (Lipinski definition) is 6. The van der Waals surface area contributed by atoms with Crippen molar-refractivity contribution in [2.45, 2.75) is 38.9 Å². The number of halogens is 1. The first kappa shape index (κ1) is 22.7. The SMILES string of the molecule is CC#CCn1c(N2CCC[C@@H](N)C2)nc2c1c(=O)n(Cc1cccc(Cl)c1C#N)c(=O)n2C. The number of aromatic nitrogens is 4. The van der Waals surface area contributed by atoms with Gasteiger partial charge in [0.05, 0.1) is 23.7 Å². The first-order valence-corrected chi connectivity index (χ1v) is 11.0. The molecule has 0 bridgehead atoms. The topological polar surface area (TPSA) is 115 Å². The number of nitriles is 1. The first-order chi connectivity index (χ1) is 15.9. The summed E-state index contributed by atoms with van der Waals surface area (Å²) in [7, 11) is 1.58. The summed E-state index contributed by atoms with van der Waals surface area (Å²) in [6.45, 7) is 3.26. The number of benzene rings is 1. The Kier molecular flexibility index (Phi) is 6.28. The van der Waals surface area contributed by atoms with Crippen molar-refractivity contribution in [1.82, 2.24) is 18.7 Å². The highest BCUT2D eigenvalue weighted by Gasteiger charge is 2.26. The summed E-state index contributed by atoms with van der Waals surface area (Å²) in [4.78, 5) is 33.5. The average Bonchev–Trinajstić information content (AvgIpc) is 3.19. The molecule has 9 nitrogen and oxygen atoms in total. The lowest BCUT2D eigenvalue weighted by Gasteiger charge is -2.31. The lowest BCUT2D eigenvalue weighted by atomic mass is 10.1. The van der Waals surface area contributed by atoms with E-state index < -0.39 is 11.2 Å². The maximum Gasteiger partial charge on any atom is 0.332 e. The van der Waals surface area contributed by atoms with Crippen molar-refractivity contribution >= 4 is 28.7 Å². The fraction of sp³-hybridized carbons (Fsp3) is 0.391. The molecule has 0 spiro atoms. The summed E-state index contributed by atoms with van der Waals surface area (Å²) in [5.74, 6) is 6.45. The van der Waals surface area contributed by atoms with Gasteiger partial charge in [0.1, 0.15) is 6.07 Å². The van der Waals surface area contributed by atoms with Gasteiger partial charge in [0.2, 0.25) is 5.95 Å². The van der Waals surface area contributed by atoms with Crippen LogP contribution in [0.2, 0.25) is 5.02 Å². The van der Waals surface area contributed by atoms with Gasteiger partial charge in [-0.3, -0.25) is 18.5 Å². The van der Waals surface area contributed by atoms with Crippen molar-refractivity contribution in [2.75, 3.05) is 18.0 Å². The molecule has 170 valence electrons. The Morgan fingerprint density at radius 2 is 2.09 bits per heavy atom. The van der Waals surface area contributed by atoms with Crippen LogP contribution in [0.25, 0.3) is 11.2 Å². The van der Waals surface area contributed by atoms with Gasteiger partial charge >= 0.3 is 5.69 Å². The first-order valence-electron chi connectivity index (χ1n) is 10.6. The molecular formula is C23H24ClN7O2. The fourth-order valence-corrected chi connectivity index (χ4v) is 4.47. The van der Waals surface area contributed by atoms with Crippen molar-refractivity contribution in [3.05, 3.63) is 55.2 Å². The number of anilines is 1. The summed E-state index contributed by atoms with van der Waals surface area (Å²) in [5.41, 5.74) is 6.47. The number of rotatable bonds is 4. The van der Waals surface area contributed by atoms with Crippen LogP contribution in [-0.4, -0.2) is 37.8 Å². The highest BCUT2D eigenvalue weighted by Crippen LogP contribution is 2.23. The van der Waals surface area contributed by atoms with Gasteiger partial charge in [-0.15, -0.1) is 5.92 Å².